The molecule has 0 bridgehead atoms. The number of aromatic nitrogens is 1. The van der Waals surface area contributed by atoms with Crippen molar-refractivity contribution in [2.45, 2.75) is 26.3 Å². The molecule has 1 aliphatic rings. The number of hydrogen-bond donors (Lipinski definition) is 1. The summed E-state index contributed by atoms with van der Waals surface area (Å²) in [5.74, 6) is -2.60. The molecular formula is C21H23FN2O6S. The number of hydrogen-bond acceptors (Lipinski definition) is 6. The Morgan fingerprint density at radius 2 is 1.90 bits per heavy atom. The van der Waals surface area contributed by atoms with Crippen LogP contribution in [0.2, 0.25) is 0 Å². The molecular weight excluding hydrogens is 427 g/mol. The van der Waals surface area contributed by atoms with Crippen LogP contribution in [0.4, 0.5) is 4.39 Å². The van der Waals surface area contributed by atoms with Crippen molar-refractivity contribution in [3.8, 4) is 0 Å². The van der Waals surface area contributed by atoms with Crippen LogP contribution in [0.3, 0.4) is 0 Å². The van der Waals surface area contributed by atoms with Crippen molar-refractivity contribution in [1.82, 2.24) is 9.88 Å². The lowest BCUT2D eigenvalue weighted by molar-refractivity contribution is -0.141. The van der Waals surface area contributed by atoms with E-state index >= 15 is 0 Å². The number of esters is 1. The second-order valence-corrected chi connectivity index (χ2v) is 9.69. The number of carbonyl (C=O) groups is 3. The molecule has 0 saturated carbocycles. The van der Waals surface area contributed by atoms with Crippen LogP contribution in [0, 0.1) is 19.7 Å². The molecule has 0 spiro atoms. The van der Waals surface area contributed by atoms with E-state index in [0.29, 0.717) is 17.7 Å². The molecule has 1 aromatic carbocycles. The van der Waals surface area contributed by atoms with Gasteiger partial charge in [-0.05, 0) is 38.5 Å². The molecule has 0 radical (unpaired) electrons. The molecule has 1 aliphatic heterocycles. The zero-order chi connectivity index (χ0) is 22.8. The monoisotopic (exact) mass is 450 g/mol. The topological polar surface area (TPSA) is 112 Å². The summed E-state index contributed by atoms with van der Waals surface area (Å²) in [6.45, 7) is 2.47. The lowest BCUT2D eigenvalue weighted by Crippen LogP contribution is -2.32. The van der Waals surface area contributed by atoms with E-state index in [2.05, 4.69) is 5.32 Å². The molecule has 166 valence electrons. The van der Waals surface area contributed by atoms with E-state index in [1.54, 1.807) is 19.9 Å². The Labute approximate surface area is 179 Å². The zero-order valence-electron chi connectivity index (χ0n) is 17.2. The Kier molecular flexibility index (Phi) is 6.59. The molecule has 3 rings (SSSR count). The average molecular weight is 450 g/mol. The Morgan fingerprint density at radius 1 is 1.19 bits per heavy atom. The highest BCUT2D eigenvalue weighted by Gasteiger charge is 2.31. The molecule has 1 atom stereocenters. The third-order valence-electron chi connectivity index (χ3n) is 5.23. The maximum atomic E-state index is 13.6. The fourth-order valence-corrected chi connectivity index (χ4v) is 5.47. The molecule has 2 aromatic rings. The molecule has 10 heteroatoms. The summed E-state index contributed by atoms with van der Waals surface area (Å²) < 4.78 is 43.9. The summed E-state index contributed by atoms with van der Waals surface area (Å²) in [7, 11) is -3.08. The van der Waals surface area contributed by atoms with Gasteiger partial charge >= 0.3 is 5.97 Å². The van der Waals surface area contributed by atoms with Gasteiger partial charge in [-0.2, -0.15) is 0 Å². The quantitative estimate of drug-likeness (QED) is 0.508. The van der Waals surface area contributed by atoms with E-state index < -0.39 is 46.5 Å². The van der Waals surface area contributed by atoms with Gasteiger partial charge < -0.3 is 14.6 Å². The lowest BCUT2D eigenvalue weighted by atomic mass is 10.1. The second kappa shape index (κ2) is 9.01. The first-order valence-corrected chi connectivity index (χ1v) is 11.5. The van der Waals surface area contributed by atoms with Crippen LogP contribution >= 0.6 is 0 Å². The fourth-order valence-electron chi connectivity index (χ4n) is 3.77. The van der Waals surface area contributed by atoms with E-state index in [9.17, 15) is 27.2 Å². The van der Waals surface area contributed by atoms with Crippen molar-refractivity contribution >= 4 is 27.5 Å². The average Bonchev–Trinajstić information content (AvgIpc) is 3.22. The second-order valence-electron chi connectivity index (χ2n) is 7.46. The van der Waals surface area contributed by atoms with Gasteiger partial charge in [0, 0.05) is 23.0 Å². The van der Waals surface area contributed by atoms with E-state index in [1.165, 1.54) is 18.2 Å². The van der Waals surface area contributed by atoms with E-state index in [4.69, 9.17) is 4.74 Å². The van der Waals surface area contributed by atoms with Gasteiger partial charge in [0.05, 0.1) is 17.1 Å². The van der Waals surface area contributed by atoms with E-state index in [1.807, 2.05) is 4.57 Å². The molecule has 8 nitrogen and oxygen atoms in total. The third-order valence-corrected chi connectivity index (χ3v) is 6.98. The van der Waals surface area contributed by atoms with Crippen LogP contribution in [-0.2, 0) is 19.4 Å². The number of sulfone groups is 1. The van der Waals surface area contributed by atoms with E-state index in [0.717, 1.165) is 11.8 Å². The summed E-state index contributed by atoms with van der Waals surface area (Å²) in [6.07, 6.45) is 0.489. The SMILES string of the molecule is Cc1cc(C(=O)COC(=O)CNC(=O)c2ccccc2F)c(C)n1C1CCS(=O)(=O)C1. The summed E-state index contributed by atoms with van der Waals surface area (Å²) >= 11 is 0. The first-order chi connectivity index (χ1) is 14.6. The molecule has 1 fully saturated rings. The molecule has 1 amide bonds. The number of rotatable bonds is 7. The first kappa shape index (κ1) is 22.7. The third kappa shape index (κ3) is 5.19. The van der Waals surface area contributed by atoms with Crippen molar-refractivity contribution in [2.75, 3.05) is 24.7 Å². The standard InChI is InChI=1S/C21H23FN2O6S/c1-13-9-17(14(2)24(13)15-7-8-31(28,29)12-15)19(25)11-30-20(26)10-23-21(27)16-5-3-4-6-18(16)22/h3-6,9,15H,7-8,10-12H2,1-2H3,(H,23,27). The van der Waals surface area contributed by atoms with Gasteiger partial charge in [-0.15, -0.1) is 0 Å². The predicted octanol–water partition coefficient (Wildman–Crippen LogP) is 1.76. The van der Waals surface area contributed by atoms with Crippen molar-refractivity contribution in [1.29, 1.82) is 0 Å². The Bertz CT molecular complexity index is 1140. The van der Waals surface area contributed by atoms with Gasteiger partial charge in [-0.25, -0.2) is 12.8 Å². The van der Waals surface area contributed by atoms with Gasteiger partial charge in [-0.3, -0.25) is 14.4 Å². The first-order valence-electron chi connectivity index (χ1n) is 9.69. The molecule has 1 unspecified atom stereocenters. The summed E-state index contributed by atoms with van der Waals surface area (Å²) in [5, 5.41) is 2.25. The fraction of sp³-hybridized carbons (Fsp3) is 0.381. The number of nitrogens with one attached hydrogen (secondary N) is 1. The Balaban J connectivity index is 1.56. The van der Waals surface area contributed by atoms with Gasteiger partial charge in [0.25, 0.3) is 5.91 Å². The smallest absolute Gasteiger partial charge is 0.325 e. The van der Waals surface area contributed by atoms with Gasteiger partial charge in [0.1, 0.15) is 12.4 Å². The van der Waals surface area contributed by atoms with Crippen LogP contribution in [0.15, 0.2) is 30.3 Å². The van der Waals surface area contributed by atoms with Crippen LogP contribution in [0.5, 0.6) is 0 Å². The predicted molar refractivity (Wildman–Crippen MR) is 110 cm³/mol. The lowest BCUT2D eigenvalue weighted by Gasteiger charge is -2.16. The highest BCUT2D eigenvalue weighted by Crippen LogP contribution is 2.29. The minimum absolute atomic E-state index is 0.0354. The molecule has 1 saturated heterocycles. The van der Waals surface area contributed by atoms with Gasteiger partial charge in [0.2, 0.25) is 5.78 Å². The molecule has 0 aliphatic carbocycles. The number of ether oxygens (including phenoxy) is 1. The van der Waals surface area contributed by atoms with Crippen molar-refractivity contribution in [3.63, 3.8) is 0 Å². The highest BCUT2D eigenvalue weighted by atomic mass is 32.2. The maximum Gasteiger partial charge on any atom is 0.325 e. The normalized spacial score (nSPS) is 17.3. The summed E-state index contributed by atoms with van der Waals surface area (Å²) in [6, 6.07) is 6.77. The number of benzene rings is 1. The molecule has 1 N–H and O–H groups in total. The number of Topliss-reactive ketones (excluding diaryl/α,β-unsaturated/α-hetero) is 1. The van der Waals surface area contributed by atoms with Crippen LogP contribution in [0.1, 0.15) is 44.6 Å². The van der Waals surface area contributed by atoms with Crippen molar-refractivity contribution < 1.29 is 31.9 Å². The molecule has 31 heavy (non-hydrogen) atoms. The number of carbonyl (C=O) groups excluding carboxylic acids is 3. The number of aryl methyl sites for hydroxylation is 1. The Hall–Kier alpha value is -3.01. The Morgan fingerprint density at radius 3 is 2.55 bits per heavy atom. The minimum Gasteiger partial charge on any atom is -0.456 e. The van der Waals surface area contributed by atoms with Crippen LogP contribution in [-0.4, -0.2) is 55.3 Å². The number of amides is 1. The van der Waals surface area contributed by atoms with Crippen molar-refractivity contribution in [2.24, 2.45) is 0 Å². The molecule has 1 aromatic heterocycles. The summed E-state index contributed by atoms with van der Waals surface area (Å²) in [5.41, 5.74) is 1.53. The van der Waals surface area contributed by atoms with Crippen LogP contribution in [0.25, 0.3) is 0 Å². The van der Waals surface area contributed by atoms with E-state index in [-0.39, 0.29) is 23.1 Å². The summed E-state index contributed by atoms with van der Waals surface area (Å²) in [4.78, 5) is 36.3. The number of ketones is 1. The van der Waals surface area contributed by atoms with Gasteiger partial charge in [-0.1, -0.05) is 12.1 Å². The minimum atomic E-state index is -3.08. The largest absolute Gasteiger partial charge is 0.456 e. The highest BCUT2D eigenvalue weighted by molar-refractivity contribution is 7.91. The number of halogens is 1. The van der Waals surface area contributed by atoms with Crippen molar-refractivity contribution in [3.05, 3.63) is 58.7 Å². The zero-order valence-corrected chi connectivity index (χ0v) is 18.0. The molecule has 2 heterocycles. The number of nitrogens with zero attached hydrogens (tertiary/aromatic N) is 1. The van der Waals surface area contributed by atoms with Gasteiger partial charge in [0.15, 0.2) is 16.4 Å². The van der Waals surface area contributed by atoms with Crippen LogP contribution < -0.4 is 5.32 Å². The maximum absolute atomic E-state index is 13.6.